The second-order valence-electron chi connectivity index (χ2n) is 8.14. The highest BCUT2D eigenvalue weighted by Crippen LogP contribution is 2.30. The van der Waals surface area contributed by atoms with Gasteiger partial charge in [0.05, 0.1) is 0 Å². The second-order valence-corrected chi connectivity index (χ2v) is 8.14. The Morgan fingerprint density at radius 1 is 0.931 bits per heavy atom. The lowest BCUT2D eigenvalue weighted by Gasteiger charge is -2.30. The zero-order valence-electron chi connectivity index (χ0n) is 17.6. The molecular formula is C22H35N3O4. The number of hydrogen-bond donors (Lipinski definition) is 2. The maximum Gasteiger partial charge on any atom is 0.253 e. The van der Waals surface area contributed by atoms with Crippen molar-refractivity contribution in [1.29, 1.82) is 0 Å². The molecule has 0 unspecified atom stereocenters. The topological polar surface area (TPSA) is 95.6 Å². The lowest BCUT2D eigenvalue weighted by atomic mass is 9.81. The Morgan fingerprint density at radius 3 is 2.24 bits per heavy atom. The van der Waals surface area contributed by atoms with Crippen LogP contribution in [0.1, 0.15) is 71.1 Å². The summed E-state index contributed by atoms with van der Waals surface area (Å²) in [5, 5.41) is 5.93. The third-order valence-electron chi connectivity index (χ3n) is 5.79. The summed E-state index contributed by atoms with van der Waals surface area (Å²) in [5.41, 5.74) is 0. The Morgan fingerprint density at radius 2 is 1.59 bits per heavy atom. The van der Waals surface area contributed by atoms with Crippen LogP contribution < -0.4 is 10.6 Å². The maximum atomic E-state index is 12.3. The predicted molar refractivity (Wildman–Crippen MR) is 111 cm³/mol. The summed E-state index contributed by atoms with van der Waals surface area (Å²) < 4.78 is 0. The van der Waals surface area contributed by atoms with E-state index in [1.54, 1.807) is 0 Å². The molecule has 7 heteroatoms. The van der Waals surface area contributed by atoms with Crippen molar-refractivity contribution in [3.8, 4) is 0 Å². The first-order valence-corrected chi connectivity index (χ1v) is 11.1. The van der Waals surface area contributed by atoms with Crippen LogP contribution >= 0.6 is 0 Å². The van der Waals surface area contributed by atoms with Gasteiger partial charge in [0.25, 0.3) is 11.8 Å². The van der Waals surface area contributed by atoms with Crippen molar-refractivity contribution in [2.24, 2.45) is 11.8 Å². The molecule has 2 N–H and O–H groups in total. The molecule has 2 aliphatic rings. The number of nitrogens with zero attached hydrogens (tertiary/aromatic N) is 1. The van der Waals surface area contributed by atoms with Gasteiger partial charge in [-0.2, -0.15) is 0 Å². The van der Waals surface area contributed by atoms with Crippen LogP contribution in [0.4, 0.5) is 0 Å². The van der Waals surface area contributed by atoms with E-state index < -0.39 is 0 Å². The van der Waals surface area contributed by atoms with Crippen LogP contribution in [0.25, 0.3) is 0 Å². The summed E-state index contributed by atoms with van der Waals surface area (Å²) in [5.74, 6) is 0.0822. The van der Waals surface area contributed by atoms with Crippen molar-refractivity contribution in [2.45, 2.75) is 71.1 Å². The summed E-state index contributed by atoms with van der Waals surface area (Å²) in [4.78, 5) is 48.6. The summed E-state index contributed by atoms with van der Waals surface area (Å²) in [6.07, 6.45) is 11.3. The number of rotatable bonds is 12. The Labute approximate surface area is 173 Å². The Bertz CT molecular complexity index is 591. The number of amides is 4. The average Bonchev–Trinajstić information content (AvgIpc) is 3.03. The molecule has 0 radical (unpaired) electrons. The van der Waals surface area contributed by atoms with E-state index in [1.165, 1.54) is 17.1 Å². The van der Waals surface area contributed by atoms with Gasteiger partial charge in [-0.15, -0.1) is 0 Å². The van der Waals surface area contributed by atoms with E-state index in [9.17, 15) is 19.2 Å². The highest BCUT2D eigenvalue weighted by molar-refractivity contribution is 6.12. The smallest absolute Gasteiger partial charge is 0.253 e. The van der Waals surface area contributed by atoms with Crippen LogP contribution in [0.5, 0.6) is 0 Å². The number of carbonyl (C=O) groups is 4. The molecule has 0 bridgehead atoms. The van der Waals surface area contributed by atoms with Crippen LogP contribution in [0.3, 0.4) is 0 Å². The monoisotopic (exact) mass is 405 g/mol. The van der Waals surface area contributed by atoms with Gasteiger partial charge in [-0.05, 0) is 50.9 Å². The molecule has 1 aliphatic heterocycles. The zero-order chi connectivity index (χ0) is 21.1. The molecule has 0 saturated heterocycles. The van der Waals surface area contributed by atoms with Crippen molar-refractivity contribution in [3.63, 3.8) is 0 Å². The first-order valence-electron chi connectivity index (χ1n) is 11.1. The molecule has 0 atom stereocenters. The Kier molecular flexibility index (Phi) is 9.88. The van der Waals surface area contributed by atoms with E-state index in [1.807, 2.05) is 0 Å². The molecule has 4 amide bonds. The van der Waals surface area contributed by atoms with E-state index >= 15 is 0 Å². The van der Waals surface area contributed by atoms with Crippen LogP contribution in [0.15, 0.2) is 12.2 Å². The van der Waals surface area contributed by atoms with Gasteiger partial charge in [-0.25, -0.2) is 0 Å². The Hall–Kier alpha value is -2.18. The van der Waals surface area contributed by atoms with Crippen LogP contribution in [-0.2, 0) is 19.2 Å². The molecule has 0 aromatic carbocycles. The SMILES string of the molecule is CCCCNC(=O)CCCCCNC(=O)C1CCC(CN2C(=O)C=CC2=O)CC1. The fraction of sp³-hybridized carbons (Fsp3) is 0.727. The summed E-state index contributed by atoms with van der Waals surface area (Å²) >= 11 is 0. The summed E-state index contributed by atoms with van der Waals surface area (Å²) in [6, 6.07) is 0. The standard InChI is InChI=1S/C22H35N3O4/c1-2-3-14-23-19(26)7-5-4-6-15-24-22(29)18-10-8-17(9-11-18)16-25-20(27)12-13-21(25)28/h12-13,17-18H,2-11,14-16H2,1H3,(H,23,26)(H,24,29). The summed E-state index contributed by atoms with van der Waals surface area (Å²) in [6.45, 7) is 3.97. The number of carbonyl (C=O) groups excluding carboxylic acids is 4. The van der Waals surface area contributed by atoms with E-state index in [2.05, 4.69) is 17.6 Å². The number of nitrogens with one attached hydrogen (secondary N) is 2. The number of imide groups is 1. The molecule has 162 valence electrons. The normalized spacial score (nSPS) is 21.5. The molecule has 2 rings (SSSR count). The van der Waals surface area contributed by atoms with Gasteiger partial charge >= 0.3 is 0 Å². The molecule has 7 nitrogen and oxygen atoms in total. The predicted octanol–water partition coefficient (Wildman–Crippen LogP) is 2.31. The molecule has 1 saturated carbocycles. The highest BCUT2D eigenvalue weighted by atomic mass is 16.2. The minimum Gasteiger partial charge on any atom is -0.356 e. The fourth-order valence-electron chi connectivity index (χ4n) is 3.91. The first-order chi connectivity index (χ1) is 14.0. The third-order valence-corrected chi connectivity index (χ3v) is 5.79. The van der Waals surface area contributed by atoms with E-state index in [4.69, 9.17) is 0 Å². The molecule has 1 heterocycles. The van der Waals surface area contributed by atoms with Crippen molar-refractivity contribution >= 4 is 23.6 Å². The van der Waals surface area contributed by atoms with Crippen molar-refractivity contribution in [1.82, 2.24) is 15.5 Å². The van der Waals surface area contributed by atoms with Gasteiger partial charge in [0, 0.05) is 44.1 Å². The van der Waals surface area contributed by atoms with Crippen LogP contribution in [-0.4, -0.2) is 48.2 Å². The van der Waals surface area contributed by atoms with Crippen LogP contribution in [0, 0.1) is 11.8 Å². The van der Waals surface area contributed by atoms with E-state index in [0.29, 0.717) is 19.5 Å². The van der Waals surface area contributed by atoms with Gasteiger partial charge < -0.3 is 10.6 Å². The Balaban J connectivity index is 1.51. The van der Waals surface area contributed by atoms with Crippen molar-refractivity contribution in [3.05, 3.63) is 12.2 Å². The molecule has 0 spiro atoms. The van der Waals surface area contributed by atoms with Gasteiger partial charge in [-0.1, -0.05) is 19.8 Å². The molecule has 29 heavy (non-hydrogen) atoms. The van der Waals surface area contributed by atoms with E-state index in [0.717, 1.165) is 64.3 Å². The quantitative estimate of drug-likeness (QED) is 0.385. The minimum atomic E-state index is -0.228. The molecule has 1 fully saturated rings. The van der Waals surface area contributed by atoms with E-state index in [-0.39, 0.29) is 35.5 Å². The summed E-state index contributed by atoms with van der Waals surface area (Å²) in [7, 11) is 0. The van der Waals surface area contributed by atoms with Gasteiger partial charge in [0.1, 0.15) is 0 Å². The minimum absolute atomic E-state index is 0.0266. The van der Waals surface area contributed by atoms with Crippen molar-refractivity contribution < 1.29 is 19.2 Å². The molecule has 1 aliphatic carbocycles. The first kappa shape index (κ1) is 23.1. The largest absolute Gasteiger partial charge is 0.356 e. The van der Waals surface area contributed by atoms with Crippen LogP contribution in [0.2, 0.25) is 0 Å². The fourth-order valence-corrected chi connectivity index (χ4v) is 3.91. The van der Waals surface area contributed by atoms with Gasteiger partial charge in [-0.3, -0.25) is 24.1 Å². The second kappa shape index (κ2) is 12.4. The molecule has 0 aromatic heterocycles. The molecular weight excluding hydrogens is 370 g/mol. The highest BCUT2D eigenvalue weighted by Gasteiger charge is 2.31. The average molecular weight is 406 g/mol. The van der Waals surface area contributed by atoms with Crippen molar-refractivity contribution in [2.75, 3.05) is 19.6 Å². The number of hydrogen-bond acceptors (Lipinski definition) is 4. The van der Waals surface area contributed by atoms with Gasteiger partial charge in [0.2, 0.25) is 11.8 Å². The lowest BCUT2D eigenvalue weighted by molar-refractivity contribution is -0.138. The number of unbranched alkanes of at least 4 members (excludes halogenated alkanes) is 3. The molecule has 0 aromatic rings. The third kappa shape index (κ3) is 7.99. The zero-order valence-corrected chi connectivity index (χ0v) is 17.6. The lowest BCUT2D eigenvalue weighted by Crippen LogP contribution is -2.38. The van der Waals surface area contributed by atoms with Gasteiger partial charge in [0.15, 0.2) is 0 Å². The maximum absolute atomic E-state index is 12.3.